The van der Waals surface area contributed by atoms with Gasteiger partial charge in [0, 0.05) is 24.7 Å². The van der Waals surface area contributed by atoms with Gasteiger partial charge in [0.05, 0.1) is 15.9 Å². The number of hydrogen-bond acceptors (Lipinski definition) is 4. The van der Waals surface area contributed by atoms with Crippen molar-refractivity contribution in [2.24, 2.45) is 5.92 Å². The molecule has 0 saturated carbocycles. The van der Waals surface area contributed by atoms with E-state index in [0.717, 1.165) is 12.1 Å². The lowest BCUT2D eigenvalue weighted by Crippen LogP contribution is -2.41. The van der Waals surface area contributed by atoms with Crippen LogP contribution in [0.5, 0.6) is 0 Å². The van der Waals surface area contributed by atoms with E-state index in [1.165, 1.54) is 16.4 Å². The van der Waals surface area contributed by atoms with Crippen molar-refractivity contribution in [3.63, 3.8) is 0 Å². The molecule has 0 unspecified atom stereocenters. The summed E-state index contributed by atoms with van der Waals surface area (Å²) in [7, 11) is -3.71. The molecule has 29 heavy (non-hydrogen) atoms. The standard InChI is InChI=1S/C19H19FN4O4S/c20-13-1-4-15(5-2-13)29(27,28)24-9-7-12(8-10-24)18(25)21-14-3-6-16-17(11-14)23-19(26)22-16/h1-6,11-12H,7-10H2,(H,21,25)(H2,22,23,26). The molecule has 1 aromatic heterocycles. The fraction of sp³-hybridized carbons (Fsp3) is 0.263. The summed E-state index contributed by atoms with van der Waals surface area (Å²) in [5.41, 5.74) is 1.47. The van der Waals surface area contributed by atoms with Gasteiger partial charge < -0.3 is 15.3 Å². The van der Waals surface area contributed by atoms with Crippen LogP contribution in [0.25, 0.3) is 11.0 Å². The van der Waals surface area contributed by atoms with Gasteiger partial charge in [-0.15, -0.1) is 0 Å². The number of H-pyrrole nitrogens is 2. The minimum absolute atomic E-state index is 0.0376. The molecule has 0 spiro atoms. The van der Waals surface area contributed by atoms with E-state index in [-0.39, 0.29) is 35.5 Å². The van der Waals surface area contributed by atoms with Crippen molar-refractivity contribution < 1.29 is 17.6 Å². The van der Waals surface area contributed by atoms with Crippen molar-refractivity contribution in [2.45, 2.75) is 17.7 Å². The average molecular weight is 418 g/mol. The summed E-state index contributed by atoms with van der Waals surface area (Å²) < 4.78 is 39.7. The number of carbonyl (C=O) groups is 1. The molecule has 0 radical (unpaired) electrons. The van der Waals surface area contributed by atoms with Gasteiger partial charge in [-0.1, -0.05) is 0 Å². The van der Waals surface area contributed by atoms with Gasteiger partial charge in [-0.05, 0) is 55.3 Å². The van der Waals surface area contributed by atoms with Crippen molar-refractivity contribution in [3.05, 3.63) is 58.8 Å². The Hall–Kier alpha value is -2.98. The predicted molar refractivity (Wildman–Crippen MR) is 105 cm³/mol. The van der Waals surface area contributed by atoms with E-state index in [2.05, 4.69) is 15.3 Å². The van der Waals surface area contributed by atoms with Gasteiger partial charge in [0.2, 0.25) is 15.9 Å². The molecule has 1 saturated heterocycles. The molecule has 2 aromatic carbocycles. The number of imidazole rings is 1. The van der Waals surface area contributed by atoms with Gasteiger partial charge in [0.15, 0.2) is 0 Å². The van der Waals surface area contributed by atoms with E-state index in [0.29, 0.717) is 29.6 Å². The highest BCUT2D eigenvalue weighted by molar-refractivity contribution is 7.89. The van der Waals surface area contributed by atoms with Gasteiger partial charge >= 0.3 is 5.69 Å². The lowest BCUT2D eigenvalue weighted by molar-refractivity contribution is -0.120. The quantitative estimate of drug-likeness (QED) is 0.601. The van der Waals surface area contributed by atoms with E-state index >= 15 is 0 Å². The number of aromatic amines is 2. The molecule has 2 heterocycles. The maximum atomic E-state index is 13.1. The molecule has 0 bridgehead atoms. The second kappa shape index (κ2) is 7.45. The number of carbonyl (C=O) groups excluding carboxylic acids is 1. The number of aromatic nitrogens is 2. The number of amides is 1. The first-order valence-corrected chi connectivity index (χ1v) is 10.6. The Morgan fingerprint density at radius 1 is 1.03 bits per heavy atom. The van der Waals surface area contributed by atoms with Crippen LogP contribution in [0, 0.1) is 11.7 Å². The third kappa shape index (κ3) is 3.94. The Kier molecular flexibility index (Phi) is 4.97. The number of rotatable bonds is 4. The molecule has 1 aliphatic heterocycles. The SMILES string of the molecule is O=C(Nc1ccc2[nH]c(=O)[nH]c2c1)C1CCN(S(=O)(=O)c2ccc(F)cc2)CC1. The van der Waals surface area contributed by atoms with Crippen molar-refractivity contribution in [3.8, 4) is 0 Å². The smallest absolute Gasteiger partial charge is 0.323 e. The van der Waals surface area contributed by atoms with Crippen molar-refractivity contribution in [1.29, 1.82) is 0 Å². The van der Waals surface area contributed by atoms with E-state index in [1.807, 2.05) is 0 Å². The van der Waals surface area contributed by atoms with Gasteiger partial charge in [-0.3, -0.25) is 4.79 Å². The Labute approximate surface area is 165 Å². The maximum absolute atomic E-state index is 13.1. The van der Waals surface area contributed by atoms with Crippen LogP contribution < -0.4 is 11.0 Å². The summed E-state index contributed by atoms with van der Waals surface area (Å²) in [4.78, 5) is 29.2. The zero-order chi connectivity index (χ0) is 20.6. The van der Waals surface area contributed by atoms with Crippen LogP contribution in [-0.2, 0) is 14.8 Å². The van der Waals surface area contributed by atoms with Crippen molar-refractivity contribution in [1.82, 2.24) is 14.3 Å². The van der Waals surface area contributed by atoms with E-state index in [9.17, 15) is 22.4 Å². The molecular formula is C19H19FN4O4S. The lowest BCUT2D eigenvalue weighted by Gasteiger charge is -2.30. The Balaban J connectivity index is 1.40. The molecule has 0 aliphatic carbocycles. The van der Waals surface area contributed by atoms with Crippen LogP contribution in [-0.4, -0.2) is 41.7 Å². The minimum Gasteiger partial charge on any atom is -0.326 e. The molecule has 8 nitrogen and oxygen atoms in total. The molecule has 3 aromatic rings. The molecule has 1 aliphatic rings. The summed E-state index contributed by atoms with van der Waals surface area (Å²) >= 11 is 0. The second-order valence-electron chi connectivity index (χ2n) is 6.96. The molecule has 10 heteroatoms. The topological polar surface area (TPSA) is 115 Å². The summed E-state index contributed by atoms with van der Waals surface area (Å²) in [6, 6.07) is 9.76. The summed E-state index contributed by atoms with van der Waals surface area (Å²) in [5, 5.41) is 2.82. The molecular weight excluding hydrogens is 399 g/mol. The normalized spacial score (nSPS) is 16.2. The number of nitrogens with zero attached hydrogens (tertiary/aromatic N) is 1. The number of nitrogens with one attached hydrogen (secondary N) is 3. The molecule has 152 valence electrons. The number of benzene rings is 2. The summed E-state index contributed by atoms with van der Waals surface area (Å²) in [6.07, 6.45) is 0.769. The van der Waals surface area contributed by atoms with Crippen LogP contribution in [0.3, 0.4) is 0 Å². The van der Waals surface area contributed by atoms with Crippen molar-refractivity contribution >= 4 is 32.7 Å². The molecule has 0 atom stereocenters. The Morgan fingerprint density at radius 3 is 2.38 bits per heavy atom. The first kappa shape index (κ1) is 19.3. The fourth-order valence-corrected chi connectivity index (χ4v) is 4.94. The number of halogens is 1. The number of hydrogen-bond donors (Lipinski definition) is 3. The largest absolute Gasteiger partial charge is 0.326 e. The van der Waals surface area contributed by atoms with Gasteiger partial charge in [-0.2, -0.15) is 4.31 Å². The third-order valence-corrected chi connectivity index (χ3v) is 6.97. The zero-order valence-electron chi connectivity index (χ0n) is 15.3. The van der Waals surface area contributed by atoms with Crippen LogP contribution in [0.15, 0.2) is 52.2 Å². The van der Waals surface area contributed by atoms with Crippen LogP contribution in [0.2, 0.25) is 0 Å². The van der Waals surface area contributed by atoms with Gasteiger partial charge in [-0.25, -0.2) is 17.6 Å². The molecule has 1 fully saturated rings. The lowest BCUT2D eigenvalue weighted by atomic mass is 9.97. The molecule has 1 amide bonds. The Morgan fingerprint density at radius 2 is 1.69 bits per heavy atom. The number of anilines is 1. The van der Waals surface area contributed by atoms with Crippen molar-refractivity contribution in [2.75, 3.05) is 18.4 Å². The van der Waals surface area contributed by atoms with Crippen LogP contribution >= 0.6 is 0 Å². The highest BCUT2D eigenvalue weighted by Crippen LogP contribution is 2.25. The maximum Gasteiger partial charge on any atom is 0.323 e. The van der Waals surface area contributed by atoms with Gasteiger partial charge in [0.1, 0.15) is 5.82 Å². The number of fused-ring (bicyclic) bond motifs is 1. The monoisotopic (exact) mass is 418 g/mol. The number of sulfonamides is 1. The predicted octanol–water partition coefficient (Wildman–Crippen LogP) is 2.03. The first-order valence-electron chi connectivity index (χ1n) is 9.11. The molecule has 4 rings (SSSR count). The third-order valence-electron chi connectivity index (χ3n) is 5.06. The fourth-order valence-electron chi connectivity index (χ4n) is 3.47. The summed E-state index contributed by atoms with van der Waals surface area (Å²) in [6.45, 7) is 0.421. The Bertz CT molecular complexity index is 1210. The van der Waals surface area contributed by atoms with E-state index < -0.39 is 15.8 Å². The highest BCUT2D eigenvalue weighted by Gasteiger charge is 2.32. The second-order valence-corrected chi connectivity index (χ2v) is 8.90. The van der Waals surface area contributed by atoms with E-state index in [4.69, 9.17) is 0 Å². The average Bonchev–Trinajstić information content (AvgIpc) is 3.07. The van der Waals surface area contributed by atoms with E-state index in [1.54, 1.807) is 18.2 Å². The minimum atomic E-state index is -3.71. The molecule has 3 N–H and O–H groups in total. The van der Waals surface area contributed by atoms with Crippen LogP contribution in [0.4, 0.5) is 10.1 Å². The zero-order valence-corrected chi connectivity index (χ0v) is 16.1. The van der Waals surface area contributed by atoms with Crippen LogP contribution in [0.1, 0.15) is 12.8 Å². The van der Waals surface area contributed by atoms with Gasteiger partial charge in [0.25, 0.3) is 0 Å². The highest BCUT2D eigenvalue weighted by atomic mass is 32.2. The summed E-state index contributed by atoms with van der Waals surface area (Å²) in [5.74, 6) is -1.02. The first-order chi connectivity index (χ1) is 13.8. The number of piperidine rings is 1.